The lowest BCUT2D eigenvalue weighted by molar-refractivity contribution is -0.119. The van der Waals surface area contributed by atoms with Crippen LogP contribution in [0.5, 0.6) is 0 Å². The van der Waals surface area contributed by atoms with Gasteiger partial charge in [-0.25, -0.2) is 4.98 Å². The number of rotatable bonds is 3. The minimum absolute atomic E-state index is 0.189. The summed E-state index contributed by atoms with van der Waals surface area (Å²) >= 11 is 0. The van der Waals surface area contributed by atoms with Crippen LogP contribution in [0.25, 0.3) is 11.3 Å². The van der Waals surface area contributed by atoms with Gasteiger partial charge in [-0.2, -0.15) is 0 Å². The quantitative estimate of drug-likeness (QED) is 0.909. The molecule has 1 heterocycles. The molecule has 0 spiro atoms. The van der Waals surface area contributed by atoms with Crippen molar-refractivity contribution in [3.8, 4) is 11.3 Å². The largest absolute Gasteiger partial charge is 0.441 e. The van der Waals surface area contributed by atoms with Crippen molar-refractivity contribution >= 4 is 11.6 Å². The first kappa shape index (κ1) is 15.3. The monoisotopic (exact) mass is 287 g/mol. The fourth-order valence-electron chi connectivity index (χ4n) is 1.83. The topological polar surface area (TPSA) is 81.2 Å². The van der Waals surface area contributed by atoms with Crippen molar-refractivity contribution in [1.29, 1.82) is 0 Å². The van der Waals surface area contributed by atoms with Crippen LogP contribution >= 0.6 is 0 Å². The number of hydrogen-bond acceptors (Lipinski definition) is 4. The van der Waals surface area contributed by atoms with Crippen molar-refractivity contribution in [3.63, 3.8) is 0 Å². The molecule has 1 aromatic heterocycles. The van der Waals surface area contributed by atoms with Crippen LogP contribution in [0.2, 0.25) is 0 Å². The van der Waals surface area contributed by atoms with Gasteiger partial charge >= 0.3 is 0 Å². The molecule has 5 nitrogen and oxygen atoms in total. The van der Waals surface area contributed by atoms with Crippen LogP contribution in [0.4, 0.5) is 5.69 Å². The summed E-state index contributed by atoms with van der Waals surface area (Å²) in [6.45, 7) is 7.61. The lowest BCUT2D eigenvalue weighted by atomic mass is 9.87. The van der Waals surface area contributed by atoms with Crippen molar-refractivity contribution in [2.45, 2.75) is 33.7 Å². The Hall–Kier alpha value is -2.14. The minimum atomic E-state index is -0.561. The van der Waals surface area contributed by atoms with Crippen LogP contribution in [0, 0.1) is 12.3 Å². The summed E-state index contributed by atoms with van der Waals surface area (Å²) in [6, 6.07) is 6.83. The van der Waals surface area contributed by atoms with Gasteiger partial charge in [0.1, 0.15) is 0 Å². The molecule has 0 saturated carbocycles. The van der Waals surface area contributed by atoms with Gasteiger partial charge in [-0.1, -0.05) is 20.8 Å². The second-order valence-electron chi connectivity index (χ2n) is 6.15. The van der Waals surface area contributed by atoms with E-state index in [0.717, 1.165) is 5.56 Å². The molecular weight excluding hydrogens is 266 g/mol. The lowest BCUT2D eigenvalue weighted by Gasteiger charge is -2.25. The maximum absolute atomic E-state index is 12.1. The minimum Gasteiger partial charge on any atom is -0.441 e. The van der Waals surface area contributed by atoms with Gasteiger partial charge in [-0.05, 0) is 29.7 Å². The Morgan fingerprint density at radius 3 is 2.38 bits per heavy atom. The molecule has 3 N–H and O–H groups in total. The van der Waals surface area contributed by atoms with E-state index in [4.69, 9.17) is 10.2 Å². The first-order valence-electron chi connectivity index (χ1n) is 6.86. The predicted molar refractivity (Wildman–Crippen MR) is 82.7 cm³/mol. The second-order valence-corrected chi connectivity index (χ2v) is 6.15. The molecule has 21 heavy (non-hydrogen) atoms. The highest BCUT2D eigenvalue weighted by Crippen LogP contribution is 2.23. The average Bonchev–Trinajstić information content (AvgIpc) is 2.84. The summed E-state index contributed by atoms with van der Waals surface area (Å²) in [5, 5.41) is 2.82. The molecule has 0 aliphatic rings. The van der Waals surface area contributed by atoms with E-state index in [-0.39, 0.29) is 11.3 Å². The van der Waals surface area contributed by atoms with Gasteiger partial charge in [0.2, 0.25) is 5.91 Å². The number of amides is 1. The van der Waals surface area contributed by atoms with Crippen molar-refractivity contribution in [2.24, 2.45) is 11.1 Å². The van der Waals surface area contributed by atoms with E-state index in [2.05, 4.69) is 10.3 Å². The van der Waals surface area contributed by atoms with Crippen LogP contribution in [0.15, 0.2) is 34.9 Å². The van der Waals surface area contributed by atoms with Crippen molar-refractivity contribution in [3.05, 3.63) is 36.4 Å². The predicted octanol–water partition coefficient (Wildman–Crippen LogP) is 2.96. The van der Waals surface area contributed by atoms with Crippen LogP contribution < -0.4 is 11.1 Å². The van der Waals surface area contributed by atoms with Crippen LogP contribution in [-0.2, 0) is 4.79 Å². The van der Waals surface area contributed by atoms with Gasteiger partial charge < -0.3 is 15.5 Å². The summed E-state index contributed by atoms with van der Waals surface area (Å²) in [5.41, 5.74) is 7.27. The number of hydrogen-bond donors (Lipinski definition) is 2. The molecule has 5 heteroatoms. The third-order valence-corrected chi connectivity index (χ3v) is 3.27. The Kier molecular flexibility index (Phi) is 4.14. The van der Waals surface area contributed by atoms with Gasteiger partial charge in [0.05, 0.1) is 12.2 Å². The Morgan fingerprint density at radius 1 is 1.29 bits per heavy atom. The van der Waals surface area contributed by atoms with Crippen molar-refractivity contribution in [2.75, 3.05) is 5.32 Å². The number of nitrogens with two attached hydrogens (primary N) is 1. The lowest BCUT2D eigenvalue weighted by Crippen LogP contribution is -2.45. The number of carbonyl (C=O) groups is 1. The molecular formula is C16H21N3O2. The molecule has 0 fully saturated rings. The molecule has 0 unspecified atom stereocenters. The molecule has 0 aliphatic carbocycles. The summed E-state index contributed by atoms with van der Waals surface area (Å²) in [5.74, 6) is 1.14. The molecule has 0 aliphatic heterocycles. The van der Waals surface area contributed by atoms with E-state index in [1.807, 2.05) is 45.0 Å². The van der Waals surface area contributed by atoms with E-state index >= 15 is 0 Å². The standard InChI is InChI=1S/C16H21N3O2/c1-10-18-9-13(21-10)11-5-7-12(8-6-11)19-15(20)14(17)16(2,3)4/h5-9,14H,17H2,1-4H3,(H,19,20)/t14-/m1/s1. The van der Waals surface area contributed by atoms with Gasteiger partial charge in [-0.3, -0.25) is 4.79 Å². The number of aryl methyl sites for hydroxylation is 1. The normalized spacial score (nSPS) is 13.0. The molecule has 0 bridgehead atoms. The van der Waals surface area contributed by atoms with E-state index in [1.54, 1.807) is 13.1 Å². The fourth-order valence-corrected chi connectivity index (χ4v) is 1.83. The zero-order valence-corrected chi connectivity index (χ0v) is 12.8. The summed E-state index contributed by atoms with van der Waals surface area (Å²) in [7, 11) is 0. The van der Waals surface area contributed by atoms with Gasteiger partial charge in [0.25, 0.3) is 0 Å². The van der Waals surface area contributed by atoms with Crippen LogP contribution in [-0.4, -0.2) is 16.9 Å². The zero-order valence-electron chi connectivity index (χ0n) is 12.8. The van der Waals surface area contributed by atoms with Gasteiger partial charge in [0, 0.05) is 18.2 Å². The molecule has 0 radical (unpaired) electrons. The highest BCUT2D eigenvalue weighted by atomic mass is 16.4. The molecule has 0 saturated heterocycles. The molecule has 2 rings (SSSR count). The second kappa shape index (κ2) is 5.69. The maximum atomic E-state index is 12.1. The molecule has 2 aromatic rings. The first-order valence-corrected chi connectivity index (χ1v) is 6.86. The van der Waals surface area contributed by atoms with Gasteiger partial charge in [0.15, 0.2) is 11.7 Å². The molecule has 112 valence electrons. The van der Waals surface area contributed by atoms with Gasteiger partial charge in [-0.15, -0.1) is 0 Å². The number of benzene rings is 1. The number of aromatic nitrogens is 1. The summed E-state index contributed by atoms with van der Waals surface area (Å²) < 4.78 is 5.45. The zero-order chi connectivity index (χ0) is 15.6. The Labute approximate surface area is 124 Å². The number of anilines is 1. The molecule has 1 amide bonds. The van der Waals surface area contributed by atoms with E-state index in [9.17, 15) is 4.79 Å². The first-order chi connectivity index (χ1) is 9.77. The van der Waals surface area contributed by atoms with Crippen LogP contribution in [0.1, 0.15) is 26.7 Å². The van der Waals surface area contributed by atoms with Crippen molar-refractivity contribution < 1.29 is 9.21 Å². The Morgan fingerprint density at radius 2 is 1.90 bits per heavy atom. The third kappa shape index (κ3) is 3.70. The van der Waals surface area contributed by atoms with E-state index in [1.165, 1.54) is 0 Å². The van der Waals surface area contributed by atoms with Crippen molar-refractivity contribution in [1.82, 2.24) is 4.98 Å². The molecule has 1 aromatic carbocycles. The number of carbonyl (C=O) groups excluding carboxylic acids is 1. The highest BCUT2D eigenvalue weighted by Gasteiger charge is 2.27. The Bertz CT molecular complexity index is 624. The Balaban J connectivity index is 2.08. The van der Waals surface area contributed by atoms with Crippen LogP contribution in [0.3, 0.4) is 0 Å². The summed E-state index contributed by atoms with van der Waals surface area (Å²) in [4.78, 5) is 16.1. The number of oxazole rings is 1. The average molecular weight is 287 g/mol. The maximum Gasteiger partial charge on any atom is 0.241 e. The SMILES string of the molecule is Cc1ncc(-c2ccc(NC(=O)[C@@H](N)C(C)(C)C)cc2)o1. The number of nitrogens with one attached hydrogen (secondary N) is 1. The third-order valence-electron chi connectivity index (χ3n) is 3.27. The smallest absolute Gasteiger partial charge is 0.241 e. The number of nitrogens with zero attached hydrogens (tertiary/aromatic N) is 1. The highest BCUT2D eigenvalue weighted by molar-refractivity contribution is 5.95. The fraction of sp³-hybridized carbons (Fsp3) is 0.375. The van der Waals surface area contributed by atoms with E-state index in [0.29, 0.717) is 17.3 Å². The summed E-state index contributed by atoms with van der Waals surface area (Å²) in [6.07, 6.45) is 1.68. The van der Waals surface area contributed by atoms with E-state index < -0.39 is 6.04 Å². The molecule has 1 atom stereocenters.